The molecule has 2 nitrogen and oxygen atoms in total. The molecule has 0 bridgehead atoms. The van der Waals surface area contributed by atoms with Gasteiger partial charge in [0.25, 0.3) is 0 Å². The Labute approximate surface area is 132 Å². The van der Waals surface area contributed by atoms with Crippen molar-refractivity contribution in [3.8, 4) is 0 Å². The van der Waals surface area contributed by atoms with Gasteiger partial charge in [-0.3, -0.25) is 4.98 Å². The van der Waals surface area contributed by atoms with Crippen LogP contribution in [0.2, 0.25) is 5.02 Å². The topological polar surface area (TPSA) is 16.1 Å². The van der Waals surface area contributed by atoms with Gasteiger partial charge in [0.2, 0.25) is 0 Å². The number of rotatable bonds is 5. The summed E-state index contributed by atoms with van der Waals surface area (Å²) in [6, 6.07) is 14.2. The number of benzene rings is 1. The molecule has 108 valence electrons. The molecule has 1 aromatic heterocycles. The molecule has 0 radical (unpaired) electrons. The van der Waals surface area contributed by atoms with Crippen LogP contribution in [0.1, 0.15) is 23.6 Å². The molecule has 0 saturated heterocycles. The monoisotopic (exact) mass is 310 g/mol. The summed E-state index contributed by atoms with van der Waals surface area (Å²) in [5.74, 6) is 0.320. The Hall–Kier alpha value is -1.09. The van der Waals surface area contributed by atoms with Crippen molar-refractivity contribution in [1.29, 1.82) is 0 Å². The molecule has 0 fully saturated rings. The molecule has 1 heterocycles. The highest BCUT2D eigenvalue weighted by atomic mass is 35.5. The van der Waals surface area contributed by atoms with E-state index in [1.54, 1.807) is 0 Å². The van der Waals surface area contributed by atoms with Crippen LogP contribution in [0.5, 0.6) is 0 Å². The minimum Gasteiger partial charge on any atom is -0.309 e. The standard InChI is InChI=1S/C16H19ClN2.ClH/c1-19(2)12-10-15(16-5-3-4-11-18-16)13-6-8-14(17)9-7-13;/h3-9,11,15H,10,12H2,1-2H3;1H. The molecule has 0 aliphatic rings. The molecular formula is C16H20Cl2N2. The summed E-state index contributed by atoms with van der Waals surface area (Å²) in [5.41, 5.74) is 2.39. The van der Waals surface area contributed by atoms with E-state index in [0.717, 1.165) is 23.7 Å². The molecule has 0 spiro atoms. The van der Waals surface area contributed by atoms with E-state index in [9.17, 15) is 0 Å². The first-order valence-electron chi connectivity index (χ1n) is 6.48. The Kier molecular flexibility index (Phi) is 7.00. The highest BCUT2D eigenvalue weighted by Crippen LogP contribution is 2.27. The predicted molar refractivity (Wildman–Crippen MR) is 88.0 cm³/mol. The fourth-order valence-electron chi connectivity index (χ4n) is 2.15. The lowest BCUT2D eigenvalue weighted by Gasteiger charge is -2.19. The van der Waals surface area contributed by atoms with E-state index in [0.29, 0.717) is 5.92 Å². The van der Waals surface area contributed by atoms with Crippen LogP contribution in [0, 0.1) is 0 Å². The quantitative estimate of drug-likeness (QED) is 0.821. The van der Waals surface area contributed by atoms with Gasteiger partial charge in [-0.25, -0.2) is 0 Å². The molecule has 0 aliphatic carbocycles. The number of pyridine rings is 1. The van der Waals surface area contributed by atoms with E-state index in [-0.39, 0.29) is 12.4 Å². The molecular weight excluding hydrogens is 291 g/mol. The van der Waals surface area contributed by atoms with Crippen molar-refractivity contribution < 1.29 is 0 Å². The van der Waals surface area contributed by atoms with Gasteiger partial charge in [0.1, 0.15) is 0 Å². The van der Waals surface area contributed by atoms with Crippen molar-refractivity contribution in [1.82, 2.24) is 9.88 Å². The number of halogens is 2. The molecule has 2 aromatic rings. The lowest BCUT2D eigenvalue weighted by Crippen LogP contribution is -2.17. The third-order valence-electron chi connectivity index (χ3n) is 3.18. The van der Waals surface area contributed by atoms with Crippen LogP contribution in [0.15, 0.2) is 48.7 Å². The van der Waals surface area contributed by atoms with E-state index in [2.05, 4.69) is 42.2 Å². The average Bonchev–Trinajstić information content (AvgIpc) is 2.42. The summed E-state index contributed by atoms with van der Waals surface area (Å²) in [7, 11) is 4.19. The van der Waals surface area contributed by atoms with E-state index < -0.39 is 0 Å². The molecule has 2 rings (SSSR count). The molecule has 1 aromatic carbocycles. The Bertz CT molecular complexity index is 498. The van der Waals surface area contributed by atoms with Crippen LogP contribution < -0.4 is 0 Å². The summed E-state index contributed by atoms with van der Waals surface area (Å²) < 4.78 is 0. The van der Waals surface area contributed by atoms with Gasteiger partial charge < -0.3 is 4.90 Å². The minimum atomic E-state index is 0. The van der Waals surface area contributed by atoms with Crippen molar-refractivity contribution >= 4 is 24.0 Å². The third kappa shape index (κ3) is 4.78. The first kappa shape index (κ1) is 17.0. The summed E-state index contributed by atoms with van der Waals surface area (Å²) in [5, 5.41) is 0.774. The van der Waals surface area contributed by atoms with Crippen LogP contribution in [0.4, 0.5) is 0 Å². The average molecular weight is 311 g/mol. The molecule has 0 aliphatic heterocycles. The van der Waals surface area contributed by atoms with Crippen LogP contribution >= 0.6 is 24.0 Å². The Morgan fingerprint density at radius 3 is 2.35 bits per heavy atom. The molecule has 0 N–H and O–H groups in total. The van der Waals surface area contributed by atoms with Crippen LogP contribution in [-0.4, -0.2) is 30.5 Å². The van der Waals surface area contributed by atoms with Gasteiger partial charge in [0.05, 0.1) is 0 Å². The lowest BCUT2D eigenvalue weighted by molar-refractivity contribution is 0.389. The largest absolute Gasteiger partial charge is 0.309 e. The summed E-state index contributed by atoms with van der Waals surface area (Å²) >= 11 is 5.97. The van der Waals surface area contributed by atoms with Crippen LogP contribution in [-0.2, 0) is 0 Å². The van der Waals surface area contributed by atoms with Crippen molar-refractivity contribution in [2.75, 3.05) is 20.6 Å². The second-order valence-corrected chi connectivity index (χ2v) is 5.39. The maximum absolute atomic E-state index is 5.97. The summed E-state index contributed by atoms with van der Waals surface area (Å²) in [4.78, 5) is 6.70. The van der Waals surface area contributed by atoms with E-state index in [1.807, 2.05) is 30.5 Å². The van der Waals surface area contributed by atoms with Gasteiger partial charge in [0, 0.05) is 22.8 Å². The van der Waals surface area contributed by atoms with Crippen LogP contribution in [0.3, 0.4) is 0 Å². The van der Waals surface area contributed by atoms with Gasteiger partial charge in [0.15, 0.2) is 0 Å². The zero-order valence-corrected chi connectivity index (χ0v) is 13.4. The molecule has 1 atom stereocenters. The fraction of sp³-hybridized carbons (Fsp3) is 0.312. The van der Waals surface area contributed by atoms with Gasteiger partial charge in [-0.1, -0.05) is 29.8 Å². The highest BCUT2D eigenvalue weighted by molar-refractivity contribution is 6.30. The van der Waals surface area contributed by atoms with Crippen molar-refractivity contribution in [2.45, 2.75) is 12.3 Å². The lowest BCUT2D eigenvalue weighted by atomic mass is 9.92. The smallest absolute Gasteiger partial charge is 0.0478 e. The van der Waals surface area contributed by atoms with E-state index in [4.69, 9.17) is 11.6 Å². The number of hydrogen-bond acceptors (Lipinski definition) is 2. The third-order valence-corrected chi connectivity index (χ3v) is 3.43. The van der Waals surface area contributed by atoms with E-state index >= 15 is 0 Å². The Morgan fingerprint density at radius 2 is 1.80 bits per heavy atom. The maximum Gasteiger partial charge on any atom is 0.0478 e. The van der Waals surface area contributed by atoms with Gasteiger partial charge >= 0.3 is 0 Å². The van der Waals surface area contributed by atoms with Crippen LogP contribution in [0.25, 0.3) is 0 Å². The molecule has 0 amide bonds. The summed E-state index contributed by atoms with van der Waals surface area (Å²) in [6.07, 6.45) is 2.90. The second kappa shape index (κ2) is 8.25. The molecule has 1 unspecified atom stereocenters. The Morgan fingerprint density at radius 1 is 1.10 bits per heavy atom. The normalized spacial score (nSPS) is 12.0. The molecule has 0 saturated carbocycles. The SMILES string of the molecule is CN(C)CCC(c1ccc(Cl)cc1)c1ccccn1.Cl. The number of hydrogen-bond donors (Lipinski definition) is 0. The van der Waals surface area contributed by atoms with Crippen molar-refractivity contribution in [3.63, 3.8) is 0 Å². The van der Waals surface area contributed by atoms with E-state index in [1.165, 1.54) is 5.56 Å². The Balaban J connectivity index is 0.00000200. The number of aromatic nitrogens is 1. The van der Waals surface area contributed by atoms with Crippen molar-refractivity contribution in [3.05, 3.63) is 64.9 Å². The minimum absolute atomic E-state index is 0. The van der Waals surface area contributed by atoms with Crippen molar-refractivity contribution in [2.24, 2.45) is 0 Å². The zero-order chi connectivity index (χ0) is 13.7. The fourth-order valence-corrected chi connectivity index (χ4v) is 2.28. The molecule has 20 heavy (non-hydrogen) atoms. The van der Waals surface area contributed by atoms with Gasteiger partial charge in [-0.05, 0) is 56.9 Å². The highest BCUT2D eigenvalue weighted by Gasteiger charge is 2.15. The van der Waals surface area contributed by atoms with Gasteiger partial charge in [-0.15, -0.1) is 12.4 Å². The number of nitrogens with zero attached hydrogens (tertiary/aromatic N) is 2. The first-order chi connectivity index (χ1) is 9.16. The second-order valence-electron chi connectivity index (χ2n) is 4.95. The molecule has 4 heteroatoms. The van der Waals surface area contributed by atoms with Gasteiger partial charge in [-0.2, -0.15) is 0 Å². The first-order valence-corrected chi connectivity index (χ1v) is 6.86. The zero-order valence-electron chi connectivity index (χ0n) is 11.8. The summed E-state index contributed by atoms with van der Waals surface area (Å²) in [6.45, 7) is 1.03. The maximum atomic E-state index is 5.97. The predicted octanol–water partition coefficient (Wildman–Crippen LogP) is 4.24.